The minimum absolute atomic E-state index is 0.205. The standard InChI is InChI=1S/C24H29N3O3S/c1-3-31-22(20-8-4-5-9-21(20)28)24-26-25-23(30-24)17-10-12-19(13-11-17)29-16-14-18-7-6-15-27(18)2/h4-5,8-13,18,22,28H,3,6-7,14-16H2,1-2H3. The van der Waals surface area contributed by atoms with Crippen molar-refractivity contribution in [2.45, 2.75) is 37.5 Å². The predicted molar refractivity (Wildman–Crippen MR) is 124 cm³/mol. The second kappa shape index (κ2) is 10.2. The van der Waals surface area contributed by atoms with Crippen LogP contribution in [0.5, 0.6) is 11.5 Å². The van der Waals surface area contributed by atoms with Crippen LogP contribution in [0.2, 0.25) is 0 Å². The van der Waals surface area contributed by atoms with Crippen LogP contribution in [0.15, 0.2) is 52.9 Å². The van der Waals surface area contributed by atoms with Crippen molar-refractivity contribution in [3.05, 3.63) is 60.0 Å². The van der Waals surface area contributed by atoms with Gasteiger partial charge in [0.25, 0.3) is 0 Å². The molecule has 3 aromatic rings. The van der Waals surface area contributed by atoms with Gasteiger partial charge in [0.2, 0.25) is 11.8 Å². The molecule has 7 heteroatoms. The van der Waals surface area contributed by atoms with E-state index in [0.717, 1.165) is 35.7 Å². The third-order valence-corrected chi connectivity index (χ3v) is 6.83. The summed E-state index contributed by atoms with van der Waals surface area (Å²) >= 11 is 1.65. The molecule has 0 bridgehead atoms. The summed E-state index contributed by atoms with van der Waals surface area (Å²) in [7, 11) is 2.19. The summed E-state index contributed by atoms with van der Waals surface area (Å²) in [6, 6.07) is 15.7. The lowest BCUT2D eigenvalue weighted by Crippen LogP contribution is -2.26. The van der Waals surface area contributed by atoms with Gasteiger partial charge in [-0.3, -0.25) is 0 Å². The number of phenols is 1. The van der Waals surface area contributed by atoms with Gasteiger partial charge in [0.1, 0.15) is 16.7 Å². The van der Waals surface area contributed by atoms with Crippen LogP contribution in [0.4, 0.5) is 0 Å². The Kier molecular flexibility index (Phi) is 7.14. The molecule has 1 saturated heterocycles. The monoisotopic (exact) mass is 439 g/mol. The number of aromatic hydroxyl groups is 1. The molecule has 31 heavy (non-hydrogen) atoms. The van der Waals surface area contributed by atoms with Gasteiger partial charge in [-0.15, -0.1) is 22.0 Å². The van der Waals surface area contributed by atoms with E-state index < -0.39 is 0 Å². The molecule has 2 unspecified atom stereocenters. The zero-order valence-corrected chi connectivity index (χ0v) is 18.8. The van der Waals surface area contributed by atoms with Crippen LogP contribution in [0.3, 0.4) is 0 Å². The maximum atomic E-state index is 10.3. The van der Waals surface area contributed by atoms with Gasteiger partial charge in [0.15, 0.2) is 0 Å². The minimum Gasteiger partial charge on any atom is -0.508 e. The molecular weight excluding hydrogens is 410 g/mol. The van der Waals surface area contributed by atoms with E-state index in [9.17, 15) is 5.11 Å². The first-order chi connectivity index (χ1) is 15.2. The molecule has 0 spiro atoms. The van der Waals surface area contributed by atoms with Crippen molar-refractivity contribution in [1.82, 2.24) is 15.1 Å². The Balaban J connectivity index is 1.41. The highest BCUT2D eigenvalue weighted by atomic mass is 32.2. The predicted octanol–water partition coefficient (Wildman–Crippen LogP) is 5.15. The molecule has 2 aromatic carbocycles. The number of nitrogens with zero attached hydrogens (tertiary/aromatic N) is 3. The number of aromatic nitrogens is 2. The van der Waals surface area contributed by atoms with E-state index in [4.69, 9.17) is 9.15 Å². The minimum atomic E-state index is -0.205. The van der Waals surface area contributed by atoms with E-state index in [1.165, 1.54) is 19.4 Å². The SMILES string of the molecule is CCSC(c1nnc(-c2ccc(OCCC3CCCN3C)cc2)o1)c1ccccc1O. The highest BCUT2D eigenvalue weighted by Gasteiger charge is 2.24. The van der Waals surface area contributed by atoms with E-state index in [2.05, 4.69) is 29.1 Å². The number of phenolic OH excluding ortho intramolecular Hbond substituents is 1. The van der Waals surface area contributed by atoms with Gasteiger partial charge >= 0.3 is 0 Å². The van der Waals surface area contributed by atoms with Gasteiger partial charge in [0.05, 0.1) is 6.61 Å². The molecule has 1 N–H and O–H groups in total. The molecule has 2 atom stereocenters. The molecule has 6 nitrogen and oxygen atoms in total. The Morgan fingerprint density at radius 1 is 1.19 bits per heavy atom. The highest BCUT2D eigenvalue weighted by molar-refractivity contribution is 7.99. The first kappa shape index (κ1) is 21.7. The summed E-state index contributed by atoms with van der Waals surface area (Å²) in [6.45, 7) is 3.97. The van der Waals surface area contributed by atoms with Gasteiger partial charge in [-0.05, 0) is 68.9 Å². The van der Waals surface area contributed by atoms with E-state index in [1.54, 1.807) is 23.9 Å². The van der Waals surface area contributed by atoms with Crippen LogP contribution in [0, 0.1) is 0 Å². The van der Waals surface area contributed by atoms with Crippen LogP contribution in [0.25, 0.3) is 11.5 Å². The number of ether oxygens (including phenoxy) is 1. The number of likely N-dealkylation sites (tertiary alicyclic amines) is 1. The normalized spacial score (nSPS) is 17.7. The van der Waals surface area contributed by atoms with Crippen molar-refractivity contribution < 1.29 is 14.3 Å². The fourth-order valence-electron chi connectivity index (χ4n) is 3.98. The molecule has 2 heterocycles. The Hall–Kier alpha value is -2.51. The second-order valence-electron chi connectivity index (χ2n) is 7.78. The number of hydrogen-bond donors (Lipinski definition) is 1. The number of rotatable bonds is 9. The first-order valence-electron chi connectivity index (χ1n) is 10.8. The highest BCUT2D eigenvalue weighted by Crippen LogP contribution is 2.39. The molecule has 0 radical (unpaired) electrons. The van der Waals surface area contributed by atoms with Crippen molar-refractivity contribution >= 4 is 11.8 Å². The fourth-order valence-corrected chi connectivity index (χ4v) is 4.93. The van der Waals surface area contributed by atoms with Crippen LogP contribution in [0.1, 0.15) is 42.9 Å². The van der Waals surface area contributed by atoms with Crippen molar-refractivity contribution in [1.29, 1.82) is 0 Å². The van der Waals surface area contributed by atoms with E-state index in [0.29, 0.717) is 17.8 Å². The second-order valence-corrected chi connectivity index (χ2v) is 9.16. The lowest BCUT2D eigenvalue weighted by atomic mass is 10.1. The first-order valence-corrected chi connectivity index (χ1v) is 11.9. The van der Waals surface area contributed by atoms with E-state index in [-0.39, 0.29) is 11.0 Å². The molecule has 1 aliphatic heterocycles. The van der Waals surface area contributed by atoms with E-state index in [1.807, 2.05) is 36.4 Å². The molecule has 0 saturated carbocycles. The zero-order chi connectivity index (χ0) is 21.6. The van der Waals surface area contributed by atoms with E-state index >= 15 is 0 Å². The quantitative estimate of drug-likeness (QED) is 0.494. The molecule has 1 aliphatic rings. The van der Waals surface area contributed by atoms with Crippen molar-refractivity contribution in [2.75, 3.05) is 26.0 Å². The van der Waals surface area contributed by atoms with Gasteiger partial charge in [-0.25, -0.2) is 0 Å². The van der Waals surface area contributed by atoms with Crippen LogP contribution in [-0.4, -0.2) is 52.2 Å². The van der Waals surface area contributed by atoms with Crippen LogP contribution in [-0.2, 0) is 0 Å². The zero-order valence-electron chi connectivity index (χ0n) is 18.0. The number of hydrogen-bond acceptors (Lipinski definition) is 7. The van der Waals surface area contributed by atoms with Gasteiger partial charge in [-0.2, -0.15) is 0 Å². The third-order valence-electron chi connectivity index (χ3n) is 5.71. The van der Waals surface area contributed by atoms with Gasteiger partial charge in [-0.1, -0.05) is 25.1 Å². The summed E-state index contributed by atoms with van der Waals surface area (Å²) in [5.41, 5.74) is 1.63. The topological polar surface area (TPSA) is 71.6 Å². The van der Waals surface area contributed by atoms with Crippen LogP contribution < -0.4 is 4.74 Å². The largest absolute Gasteiger partial charge is 0.508 e. The number of para-hydroxylation sites is 1. The van der Waals surface area contributed by atoms with Gasteiger partial charge < -0.3 is 19.2 Å². The average Bonchev–Trinajstić information content (AvgIpc) is 3.43. The molecule has 4 rings (SSSR count). The molecule has 1 fully saturated rings. The number of thioether (sulfide) groups is 1. The van der Waals surface area contributed by atoms with Gasteiger partial charge in [0, 0.05) is 17.2 Å². The maximum Gasteiger partial charge on any atom is 0.247 e. The van der Waals surface area contributed by atoms with Crippen molar-refractivity contribution in [3.63, 3.8) is 0 Å². The fraction of sp³-hybridized carbons (Fsp3) is 0.417. The van der Waals surface area contributed by atoms with Crippen molar-refractivity contribution in [3.8, 4) is 23.0 Å². The average molecular weight is 440 g/mol. The Morgan fingerprint density at radius 2 is 2.00 bits per heavy atom. The smallest absolute Gasteiger partial charge is 0.247 e. The Bertz CT molecular complexity index is 976. The lowest BCUT2D eigenvalue weighted by Gasteiger charge is -2.19. The summed E-state index contributed by atoms with van der Waals surface area (Å²) in [4.78, 5) is 2.42. The summed E-state index contributed by atoms with van der Waals surface area (Å²) < 4.78 is 11.9. The molecule has 1 aromatic heterocycles. The third kappa shape index (κ3) is 5.22. The van der Waals surface area contributed by atoms with Crippen LogP contribution >= 0.6 is 11.8 Å². The maximum absolute atomic E-state index is 10.3. The summed E-state index contributed by atoms with van der Waals surface area (Å²) in [6.07, 6.45) is 3.59. The molecular formula is C24H29N3O3S. The summed E-state index contributed by atoms with van der Waals surface area (Å²) in [5, 5.41) is 18.6. The lowest BCUT2D eigenvalue weighted by molar-refractivity contribution is 0.233. The van der Waals surface area contributed by atoms with Crippen molar-refractivity contribution in [2.24, 2.45) is 0 Å². The molecule has 0 aliphatic carbocycles. The Morgan fingerprint density at radius 3 is 2.71 bits per heavy atom. The number of benzene rings is 2. The summed E-state index contributed by atoms with van der Waals surface area (Å²) in [5.74, 6) is 2.89. The molecule has 0 amide bonds. The molecule has 164 valence electrons. The Labute approximate surface area is 187 Å².